The van der Waals surface area contributed by atoms with E-state index < -0.39 is 9.84 Å². The number of hydrogen-bond donors (Lipinski definition) is 2. The van der Waals surface area contributed by atoms with E-state index in [0.717, 1.165) is 23.0 Å². The molecule has 0 amide bonds. The number of benzene rings is 1. The van der Waals surface area contributed by atoms with Crippen molar-refractivity contribution in [3.8, 4) is 0 Å². The molecule has 3 heterocycles. The van der Waals surface area contributed by atoms with Gasteiger partial charge in [0, 0.05) is 30.6 Å². The Balaban J connectivity index is 1.80. The maximum absolute atomic E-state index is 11.8. The molecule has 4 rings (SSSR count). The summed E-state index contributed by atoms with van der Waals surface area (Å²) in [6, 6.07) is 9.09. The lowest BCUT2D eigenvalue weighted by molar-refractivity contribution is 0.595. The molecule has 0 unspecified atom stereocenters. The van der Waals surface area contributed by atoms with E-state index in [1.807, 2.05) is 18.2 Å². The molecule has 0 radical (unpaired) electrons. The van der Waals surface area contributed by atoms with Gasteiger partial charge in [0.15, 0.2) is 20.7 Å². The molecule has 1 aromatic carbocycles. The smallest absolute Gasteiger partial charge is 0.195 e. The summed E-state index contributed by atoms with van der Waals surface area (Å²) in [5.74, 6) is 0.607. The number of anilines is 2. The number of H-pyrrole nitrogens is 1. The van der Waals surface area contributed by atoms with E-state index in [1.165, 1.54) is 0 Å². The van der Waals surface area contributed by atoms with Crippen LogP contribution in [-0.2, 0) is 16.9 Å². The van der Waals surface area contributed by atoms with Crippen LogP contribution < -0.4 is 5.32 Å². The van der Waals surface area contributed by atoms with Gasteiger partial charge in [0.1, 0.15) is 5.52 Å². The molecule has 0 saturated heterocycles. The fourth-order valence-electron chi connectivity index (χ4n) is 2.65. The normalized spacial score (nSPS) is 12.1. The maximum Gasteiger partial charge on any atom is 0.195 e. The van der Waals surface area contributed by atoms with Crippen molar-refractivity contribution in [1.29, 1.82) is 0 Å². The molecule has 8 nitrogen and oxygen atoms in total. The van der Waals surface area contributed by atoms with Crippen LogP contribution in [0.3, 0.4) is 0 Å². The van der Waals surface area contributed by atoms with Gasteiger partial charge < -0.3 is 5.32 Å². The van der Waals surface area contributed by atoms with Gasteiger partial charge in [-0.05, 0) is 30.3 Å². The van der Waals surface area contributed by atoms with Gasteiger partial charge in [-0.3, -0.25) is 14.8 Å². The summed E-state index contributed by atoms with van der Waals surface area (Å²) >= 11 is 0. The Morgan fingerprint density at radius 1 is 1.25 bits per heavy atom. The van der Waals surface area contributed by atoms with Crippen molar-refractivity contribution in [2.45, 2.75) is 5.03 Å². The Morgan fingerprint density at radius 3 is 2.88 bits per heavy atom. The summed E-state index contributed by atoms with van der Waals surface area (Å²) in [6.07, 6.45) is 2.86. The molecule has 24 heavy (non-hydrogen) atoms. The van der Waals surface area contributed by atoms with Gasteiger partial charge >= 0.3 is 0 Å². The number of aryl methyl sites for hydroxylation is 1. The lowest BCUT2D eigenvalue weighted by Gasteiger charge is -2.04. The highest BCUT2D eigenvalue weighted by molar-refractivity contribution is 7.90. The number of aromatic nitrogens is 5. The van der Waals surface area contributed by atoms with Crippen molar-refractivity contribution < 1.29 is 8.42 Å². The second kappa shape index (κ2) is 5.03. The van der Waals surface area contributed by atoms with Gasteiger partial charge in [0.2, 0.25) is 0 Å². The lowest BCUT2D eigenvalue weighted by atomic mass is 10.2. The van der Waals surface area contributed by atoms with Crippen LogP contribution in [-0.4, -0.2) is 39.6 Å². The molecule has 4 aromatic rings. The Morgan fingerprint density at radius 2 is 2.08 bits per heavy atom. The number of sulfone groups is 1. The second-order valence-corrected chi connectivity index (χ2v) is 7.46. The monoisotopic (exact) mass is 342 g/mol. The quantitative estimate of drug-likeness (QED) is 0.590. The van der Waals surface area contributed by atoms with E-state index in [0.29, 0.717) is 16.7 Å². The average Bonchev–Trinajstić information content (AvgIpc) is 3.09. The van der Waals surface area contributed by atoms with Crippen molar-refractivity contribution in [1.82, 2.24) is 25.0 Å². The van der Waals surface area contributed by atoms with Crippen LogP contribution in [0.25, 0.3) is 21.9 Å². The molecule has 0 fully saturated rings. The van der Waals surface area contributed by atoms with Gasteiger partial charge in [-0.15, -0.1) is 0 Å². The zero-order valence-electron chi connectivity index (χ0n) is 13.0. The van der Waals surface area contributed by atoms with E-state index in [-0.39, 0.29) is 5.03 Å². The molecule has 0 aliphatic rings. The highest BCUT2D eigenvalue weighted by Gasteiger charge is 2.18. The van der Waals surface area contributed by atoms with Crippen LogP contribution >= 0.6 is 0 Å². The van der Waals surface area contributed by atoms with E-state index in [4.69, 9.17) is 0 Å². The fourth-order valence-corrected chi connectivity index (χ4v) is 3.50. The molecule has 2 N–H and O–H groups in total. The van der Waals surface area contributed by atoms with Crippen LogP contribution in [0.4, 0.5) is 11.5 Å². The van der Waals surface area contributed by atoms with Crippen molar-refractivity contribution in [2.24, 2.45) is 7.05 Å². The van der Waals surface area contributed by atoms with Crippen LogP contribution in [0.1, 0.15) is 0 Å². The summed E-state index contributed by atoms with van der Waals surface area (Å²) in [6.45, 7) is 0. The number of aromatic amines is 1. The van der Waals surface area contributed by atoms with Gasteiger partial charge in [0.05, 0.1) is 11.0 Å². The van der Waals surface area contributed by atoms with Gasteiger partial charge in [-0.25, -0.2) is 8.42 Å². The average molecular weight is 342 g/mol. The third-order valence-electron chi connectivity index (χ3n) is 3.75. The summed E-state index contributed by atoms with van der Waals surface area (Å²) in [5.41, 5.74) is 3.05. The molecule has 0 spiro atoms. The minimum absolute atomic E-state index is 0.0819. The maximum atomic E-state index is 11.8. The predicted octanol–water partition coefficient (Wildman–Crippen LogP) is 1.99. The Labute approximate surface area is 137 Å². The third kappa shape index (κ3) is 2.29. The minimum Gasteiger partial charge on any atom is -0.337 e. The minimum atomic E-state index is -3.38. The fraction of sp³-hybridized carbons (Fsp3) is 0.133. The van der Waals surface area contributed by atoms with Crippen LogP contribution in [0.5, 0.6) is 0 Å². The topological polar surface area (TPSA) is 106 Å². The summed E-state index contributed by atoms with van der Waals surface area (Å²) in [5, 5.41) is 15.1. The first kappa shape index (κ1) is 14.6. The Kier molecular flexibility index (Phi) is 3.07. The number of nitrogens with one attached hydrogen (secondary N) is 2. The second-order valence-electron chi connectivity index (χ2n) is 5.53. The van der Waals surface area contributed by atoms with E-state index in [9.17, 15) is 8.42 Å². The number of rotatable bonds is 3. The predicted molar refractivity (Wildman–Crippen MR) is 91.0 cm³/mol. The highest BCUT2D eigenvalue weighted by Crippen LogP contribution is 2.27. The van der Waals surface area contributed by atoms with Crippen LogP contribution in [0, 0.1) is 0 Å². The SMILES string of the molecule is Cn1nc(S(C)(=O)=O)c2ccc(Nc3n[nH]c4cccnc34)cc21. The lowest BCUT2D eigenvalue weighted by Crippen LogP contribution is -1.99. The number of nitrogens with zero attached hydrogens (tertiary/aromatic N) is 4. The largest absolute Gasteiger partial charge is 0.337 e. The van der Waals surface area contributed by atoms with Crippen molar-refractivity contribution in [3.05, 3.63) is 36.5 Å². The Bertz CT molecular complexity index is 1180. The molecule has 0 atom stereocenters. The van der Waals surface area contributed by atoms with E-state index >= 15 is 0 Å². The third-order valence-corrected chi connectivity index (χ3v) is 4.76. The molecule has 122 valence electrons. The molecule has 3 aromatic heterocycles. The summed E-state index contributed by atoms with van der Waals surface area (Å²) < 4.78 is 25.2. The molecule has 9 heteroatoms. The molecule has 0 aliphatic heterocycles. The zero-order valence-corrected chi connectivity index (χ0v) is 13.8. The molecular formula is C15H14N6O2S. The Hall–Kier alpha value is -2.94. The van der Waals surface area contributed by atoms with Gasteiger partial charge in [-0.1, -0.05) is 0 Å². The van der Waals surface area contributed by atoms with Crippen LogP contribution in [0.2, 0.25) is 0 Å². The standard InChI is InChI=1S/C15H14N6O2S/c1-21-12-8-9(5-6-10(12)15(20-21)24(2,22)23)17-14-13-11(18-19-14)4-3-7-16-13/h3-8H,1-2H3,(H2,17,18,19). The van der Waals surface area contributed by atoms with Crippen molar-refractivity contribution >= 4 is 43.3 Å². The van der Waals surface area contributed by atoms with Crippen molar-refractivity contribution in [2.75, 3.05) is 11.6 Å². The van der Waals surface area contributed by atoms with Gasteiger partial charge in [0.25, 0.3) is 0 Å². The molecule has 0 saturated carbocycles. The first-order chi connectivity index (χ1) is 11.4. The first-order valence-electron chi connectivity index (χ1n) is 7.16. The van der Waals surface area contributed by atoms with Crippen molar-refractivity contribution in [3.63, 3.8) is 0 Å². The van der Waals surface area contributed by atoms with Gasteiger partial charge in [-0.2, -0.15) is 10.2 Å². The highest BCUT2D eigenvalue weighted by atomic mass is 32.2. The molecule has 0 aliphatic carbocycles. The number of pyridine rings is 1. The van der Waals surface area contributed by atoms with E-state index in [2.05, 4.69) is 25.6 Å². The summed E-state index contributed by atoms with van der Waals surface area (Å²) in [4.78, 5) is 4.30. The first-order valence-corrected chi connectivity index (χ1v) is 9.05. The van der Waals surface area contributed by atoms with Crippen LogP contribution in [0.15, 0.2) is 41.6 Å². The number of hydrogen-bond acceptors (Lipinski definition) is 6. The number of fused-ring (bicyclic) bond motifs is 2. The zero-order chi connectivity index (χ0) is 16.9. The molecular weight excluding hydrogens is 328 g/mol. The van der Waals surface area contributed by atoms with E-state index in [1.54, 1.807) is 30.1 Å². The summed E-state index contributed by atoms with van der Waals surface area (Å²) in [7, 11) is -1.67. The molecule has 0 bridgehead atoms.